The SMILES string of the molecule is CC1CN(S(=O)(=O)CCNC(=O)c2ccc(NC(=O)NC3CC3)cc2)CC(C)O1. The lowest BCUT2D eigenvalue weighted by atomic mass is 10.2. The number of sulfonamides is 1. The number of hydrogen-bond acceptors (Lipinski definition) is 5. The summed E-state index contributed by atoms with van der Waals surface area (Å²) in [6, 6.07) is 6.44. The summed E-state index contributed by atoms with van der Waals surface area (Å²) in [6.45, 7) is 4.35. The quantitative estimate of drug-likeness (QED) is 0.607. The summed E-state index contributed by atoms with van der Waals surface area (Å²) < 4.78 is 32.0. The highest BCUT2D eigenvalue weighted by atomic mass is 32.2. The van der Waals surface area contributed by atoms with Crippen LogP contribution >= 0.6 is 0 Å². The Labute approximate surface area is 171 Å². The van der Waals surface area contributed by atoms with Gasteiger partial charge in [-0.05, 0) is 51.0 Å². The lowest BCUT2D eigenvalue weighted by molar-refractivity contribution is -0.0440. The highest BCUT2D eigenvalue weighted by Gasteiger charge is 2.30. The highest BCUT2D eigenvalue weighted by molar-refractivity contribution is 7.89. The van der Waals surface area contributed by atoms with Gasteiger partial charge in [0, 0.05) is 36.9 Å². The van der Waals surface area contributed by atoms with E-state index in [1.165, 1.54) is 4.31 Å². The Bertz CT molecular complexity index is 829. The highest BCUT2D eigenvalue weighted by Crippen LogP contribution is 2.19. The van der Waals surface area contributed by atoms with Gasteiger partial charge in [0.2, 0.25) is 10.0 Å². The smallest absolute Gasteiger partial charge is 0.319 e. The molecule has 0 spiro atoms. The zero-order chi connectivity index (χ0) is 21.0. The second kappa shape index (κ2) is 9.10. The second-order valence-corrected chi connectivity index (χ2v) is 9.68. The monoisotopic (exact) mass is 424 g/mol. The molecule has 1 saturated heterocycles. The van der Waals surface area contributed by atoms with Crippen molar-refractivity contribution in [1.82, 2.24) is 14.9 Å². The van der Waals surface area contributed by atoms with Crippen molar-refractivity contribution in [3.8, 4) is 0 Å². The predicted molar refractivity (Wildman–Crippen MR) is 109 cm³/mol. The van der Waals surface area contributed by atoms with Crippen molar-refractivity contribution in [1.29, 1.82) is 0 Å². The number of anilines is 1. The lowest BCUT2D eigenvalue weighted by Gasteiger charge is -2.34. The number of amides is 3. The lowest BCUT2D eigenvalue weighted by Crippen LogP contribution is -2.49. The Hall–Kier alpha value is -2.17. The van der Waals surface area contributed by atoms with E-state index in [1.54, 1.807) is 24.3 Å². The third kappa shape index (κ3) is 6.41. The number of ether oxygens (including phenoxy) is 1. The number of rotatable bonds is 7. The first kappa shape index (κ1) is 21.5. The number of carbonyl (C=O) groups excluding carboxylic acids is 2. The van der Waals surface area contributed by atoms with Crippen molar-refractivity contribution in [2.24, 2.45) is 0 Å². The molecule has 10 heteroatoms. The maximum atomic E-state index is 12.5. The molecule has 9 nitrogen and oxygen atoms in total. The molecule has 1 aromatic carbocycles. The molecular formula is C19H28N4O5S. The van der Waals surface area contributed by atoms with Gasteiger partial charge in [-0.2, -0.15) is 4.31 Å². The molecule has 29 heavy (non-hydrogen) atoms. The number of carbonyl (C=O) groups is 2. The number of nitrogens with one attached hydrogen (secondary N) is 3. The summed E-state index contributed by atoms with van der Waals surface area (Å²) in [5.41, 5.74) is 0.974. The first-order valence-electron chi connectivity index (χ1n) is 9.82. The normalized spacial score (nSPS) is 22.7. The van der Waals surface area contributed by atoms with Crippen molar-refractivity contribution in [2.45, 2.75) is 44.9 Å². The van der Waals surface area contributed by atoms with Crippen molar-refractivity contribution >= 4 is 27.6 Å². The van der Waals surface area contributed by atoms with Gasteiger partial charge in [0.05, 0.1) is 18.0 Å². The molecule has 1 aromatic rings. The molecule has 1 heterocycles. The van der Waals surface area contributed by atoms with E-state index < -0.39 is 10.0 Å². The van der Waals surface area contributed by atoms with Crippen LogP contribution in [0.3, 0.4) is 0 Å². The predicted octanol–water partition coefficient (Wildman–Crippen LogP) is 1.14. The van der Waals surface area contributed by atoms with Gasteiger partial charge >= 0.3 is 6.03 Å². The Balaban J connectivity index is 1.45. The van der Waals surface area contributed by atoms with Crippen molar-refractivity contribution < 1.29 is 22.7 Å². The Morgan fingerprint density at radius 3 is 2.31 bits per heavy atom. The van der Waals surface area contributed by atoms with E-state index in [0.717, 1.165) is 12.8 Å². The van der Waals surface area contributed by atoms with E-state index >= 15 is 0 Å². The molecule has 3 rings (SSSR count). The third-order valence-electron chi connectivity index (χ3n) is 4.74. The summed E-state index contributed by atoms with van der Waals surface area (Å²) in [5.74, 6) is -0.531. The van der Waals surface area contributed by atoms with Crippen molar-refractivity contribution in [3.05, 3.63) is 29.8 Å². The standard InChI is InChI=1S/C19H28N4O5S/c1-13-11-23(12-14(2)28-13)29(26,27)10-9-20-18(24)15-3-5-16(6-4-15)21-19(25)22-17-7-8-17/h3-6,13-14,17H,7-12H2,1-2H3,(H,20,24)(H2,21,22,25). The van der Waals surface area contributed by atoms with E-state index in [0.29, 0.717) is 24.3 Å². The molecule has 2 fully saturated rings. The van der Waals surface area contributed by atoms with Gasteiger partial charge in [-0.1, -0.05) is 0 Å². The van der Waals surface area contributed by atoms with Crippen LogP contribution in [0.2, 0.25) is 0 Å². The molecule has 0 radical (unpaired) electrons. The zero-order valence-electron chi connectivity index (χ0n) is 16.7. The molecule has 2 unspecified atom stereocenters. The molecule has 1 aliphatic heterocycles. The molecule has 3 amide bonds. The maximum absolute atomic E-state index is 12.5. The fourth-order valence-corrected chi connectivity index (χ4v) is 4.66. The molecule has 2 aliphatic rings. The number of urea groups is 1. The van der Waals surface area contributed by atoms with Gasteiger partial charge in [-0.15, -0.1) is 0 Å². The molecule has 2 atom stereocenters. The van der Waals surface area contributed by atoms with Gasteiger partial charge in [-0.3, -0.25) is 4.79 Å². The Morgan fingerprint density at radius 2 is 1.72 bits per heavy atom. The van der Waals surface area contributed by atoms with Crippen LogP contribution in [-0.2, 0) is 14.8 Å². The summed E-state index contributed by atoms with van der Waals surface area (Å²) in [4.78, 5) is 24.0. The minimum Gasteiger partial charge on any atom is -0.373 e. The van der Waals surface area contributed by atoms with Gasteiger partial charge in [-0.25, -0.2) is 13.2 Å². The molecule has 3 N–H and O–H groups in total. The van der Waals surface area contributed by atoms with Crippen LogP contribution in [0.25, 0.3) is 0 Å². The maximum Gasteiger partial charge on any atom is 0.319 e. The summed E-state index contributed by atoms with van der Waals surface area (Å²) in [6.07, 6.45) is 1.71. The Morgan fingerprint density at radius 1 is 1.10 bits per heavy atom. The van der Waals surface area contributed by atoms with Crippen LogP contribution in [0.4, 0.5) is 10.5 Å². The fourth-order valence-electron chi connectivity index (χ4n) is 3.17. The zero-order valence-corrected chi connectivity index (χ0v) is 17.5. The molecule has 160 valence electrons. The molecule has 0 bridgehead atoms. The van der Waals surface area contributed by atoms with Crippen molar-refractivity contribution in [3.63, 3.8) is 0 Å². The van der Waals surface area contributed by atoms with Crippen LogP contribution in [0, 0.1) is 0 Å². The third-order valence-corrected chi connectivity index (χ3v) is 6.55. The van der Waals surface area contributed by atoms with Gasteiger partial charge < -0.3 is 20.7 Å². The molecule has 1 saturated carbocycles. The molecular weight excluding hydrogens is 396 g/mol. The van der Waals surface area contributed by atoms with E-state index in [4.69, 9.17) is 4.74 Å². The minimum atomic E-state index is -3.47. The number of morpholine rings is 1. The van der Waals surface area contributed by atoms with Crippen LogP contribution in [0.1, 0.15) is 37.0 Å². The van der Waals surface area contributed by atoms with Crippen LogP contribution in [-0.4, -0.2) is 68.3 Å². The van der Waals surface area contributed by atoms with E-state index in [1.807, 2.05) is 13.8 Å². The topological polar surface area (TPSA) is 117 Å². The molecule has 0 aromatic heterocycles. The van der Waals surface area contributed by atoms with Gasteiger partial charge in [0.1, 0.15) is 0 Å². The minimum absolute atomic E-state index is 0.0189. The fraction of sp³-hybridized carbons (Fsp3) is 0.579. The summed E-state index contributed by atoms with van der Waals surface area (Å²) in [7, 11) is -3.47. The van der Waals surface area contributed by atoms with Crippen molar-refractivity contribution in [2.75, 3.05) is 30.7 Å². The molecule has 1 aliphatic carbocycles. The van der Waals surface area contributed by atoms with Gasteiger partial charge in [0.15, 0.2) is 0 Å². The average Bonchev–Trinajstić information content (AvgIpc) is 3.45. The second-order valence-electron chi connectivity index (χ2n) is 7.60. The first-order valence-corrected chi connectivity index (χ1v) is 11.4. The largest absolute Gasteiger partial charge is 0.373 e. The van der Waals surface area contributed by atoms with Crippen LogP contribution in [0.15, 0.2) is 24.3 Å². The summed E-state index contributed by atoms with van der Waals surface area (Å²) in [5, 5.41) is 8.16. The number of hydrogen-bond donors (Lipinski definition) is 3. The number of nitrogens with zero attached hydrogens (tertiary/aromatic N) is 1. The number of benzene rings is 1. The average molecular weight is 425 g/mol. The Kier molecular flexibility index (Phi) is 6.76. The van der Waals surface area contributed by atoms with Gasteiger partial charge in [0.25, 0.3) is 5.91 Å². The van der Waals surface area contributed by atoms with Crippen LogP contribution < -0.4 is 16.0 Å². The summed E-state index contributed by atoms with van der Waals surface area (Å²) >= 11 is 0. The van der Waals surface area contributed by atoms with E-state index in [2.05, 4.69) is 16.0 Å². The van der Waals surface area contributed by atoms with E-state index in [-0.39, 0.29) is 42.5 Å². The van der Waals surface area contributed by atoms with E-state index in [9.17, 15) is 18.0 Å². The van der Waals surface area contributed by atoms with Crippen LogP contribution in [0.5, 0.6) is 0 Å². The first-order chi connectivity index (χ1) is 13.7.